The summed E-state index contributed by atoms with van der Waals surface area (Å²) in [5.41, 5.74) is 0. The number of halogens is 2. The van der Waals surface area contributed by atoms with Crippen LogP contribution in [0.3, 0.4) is 0 Å². The van der Waals surface area contributed by atoms with Crippen LogP contribution < -0.4 is 0 Å². The van der Waals surface area contributed by atoms with Crippen molar-refractivity contribution in [1.82, 2.24) is 0 Å². The number of hydrogen-bond donors (Lipinski definition) is 0. The summed E-state index contributed by atoms with van der Waals surface area (Å²) >= 11 is 11.4. The van der Waals surface area contributed by atoms with Crippen molar-refractivity contribution >= 4 is 23.2 Å². The number of alkyl halides is 2. The van der Waals surface area contributed by atoms with Crippen LogP contribution in [-0.4, -0.2) is 24.5 Å². The van der Waals surface area contributed by atoms with Gasteiger partial charge in [-0.15, -0.1) is 23.2 Å². The molecule has 17 heavy (non-hydrogen) atoms. The molecule has 0 aliphatic heterocycles. The second-order valence-corrected chi connectivity index (χ2v) is 5.29. The van der Waals surface area contributed by atoms with Gasteiger partial charge < -0.3 is 4.74 Å². The van der Waals surface area contributed by atoms with Crippen molar-refractivity contribution in [2.24, 2.45) is 0 Å². The van der Waals surface area contributed by atoms with Crippen LogP contribution in [0.25, 0.3) is 0 Å². The molecule has 1 atom stereocenters. The zero-order valence-corrected chi connectivity index (χ0v) is 12.7. The molecule has 0 heterocycles. The van der Waals surface area contributed by atoms with Gasteiger partial charge in [0.25, 0.3) is 0 Å². The lowest BCUT2D eigenvalue weighted by atomic mass is 10.1. The van der Waals surface area contributed by atoms with E-state index in [-0.39, 0.29) is 6.10 Å². The molecule has 0 radical (unpaired) electrons. The first-order valence-electron chi connectivity index (χ1n) is 7.08. The van der Waals surface area contributed by atoms with Gasteiger partial charge in [-0.3, -0.25) is 0 Å². The normalized spacial score (nSPS) is 12.9. The molecular formula is C14H28Cl2O. The van der Waals surface area contributed by atoms with E-state index in [0.717, 1.165) is 6.42 Å². The van der Waals surface area contributed by atoms with E-state index < -0.39 is 0 Å². The zero-order chi connectivity index (χ0) is 12.8. The zero-order valence-electron chi connectivity index (χ0n) is 11.2. The third kappa shape index (κ3) is 12.8. The number of hydrogen-bond acceptors (Lipinski definition) is 1. The van der Waals surface area contributed by atoms with Crippen LogP contribution in [0.2, 0.25) is 0 Å². The van der Waals surface area contributed by atoms with Crippen molar-refractivity contribution < 1.29 is 4.74 Å². The maximum absolute atomic E-state index is 5.83. The first kappa shape index (κ1) is 17.5. The van der Waals surface area contributed by atoms with E-state index in [1.165, 1.54) is 51.4 Å². The van der Waals surface area contributed by atoms with Gasteiger partial charge in [0.15, 0.2) is 0 Å². The highest BCUT2D eigenvalue weighted by Crippen LogP contribution is 2.12. The summed E-state index contributed by atoms with van der Waals surface area (Å²) in [5.74, 6) is 1.15. The standard InChI is InChI=1S/C14H28Cl2O/c1-2-3-4-5-6-7-8-9-10-14(13-16)17-12-11-15/h14H,2-13H2,1H3/t14-/m0/s1. The Balaban J connectivity index is 3.19. The Bertz CT molecular complexity index is 142. The van der Waals surface area contributed by atoms with E-state index in [4.69, 9.17) is 27.9 Å². The number of unbranched alkanes of at least 4 members (excludes halogenated alkanes) is 7. The molecule has 104 valence electrons. The van der Waals surface area contributed by atoms with Gasteiger partial charge in [0.2, 0.25) is 0 Å². The molecule has 3 heteroatoms. The van der Waals surface area contributed by atoms with Crippen LogP contribution in [0.15, 0.2) is 0 Å². The molecule has 0 saturated carbocycles. The van der Waals surface area contributed by atoms with Gasteiger partial charge in [-0.2, -0.15) is 0 Å². The van der Waals surface area contributed by atoms with E-state index in [1.54, 1.807) is 0 Å². The van der Waals surface area contributed by atoms with Gasteiger partial charge in [-0.05, 0) is 6.42 Å². The lowest BCUT2D eigenvalue weighted by molar-refractivity contribution is 0.0721. The van der Waals surface area contributed by atoms with Crippen LogP contribution in [0, 0.1) is 0 Å². The molecule has 0 aliphatic rings. The van der Waals surface area contributed by atoms with Crippen molar-refractivity contribution in [2.45, 2.75) is 70.8 Å². The van der Waals surface area contributed by atoms with Crippen molar-refractivity contribution in [3.63, 3.8) is 0 Å². The minimum absolute atomic E-state index is 0.204. The van der Waals surface area contributed by atoms with Gasteiger partial charge >= 0.3 is 0 Å². The molecule has 0 rings (SSSR count). The highest BCUT2D eigenvalue weighted by molar-refractivity contribution is 6.18. The maximum Gasteiger partial charge on any atom is 0.0710 e. The maximum atomic E-state index is 5.83. The van der Waals surface area contributed by atoms with E-state index >= 15 is 0 Å². The quantitative estimate of drug-likeness (QED) is 0.326. The third-order valence-electron chi connectivity index (χ3n) is 2.98. The minimum Gasteiger partial charge on any atom is -0.376 e. The van der Waals surface area contributed by atoms with Gasteiger partial charge in [0.1, 0.15) is 0 Å². The van der Waals surface area contributed by atoms with E-state index in [0.29, 0.717) is 18.4 Å². The van der Waals surface area contributed by atoms with Crippen molar-refractivity contribution in [3.05, 3.63) is 0 Å². The molecule has 1 nitrogen and oxygen atoms in total. The Morgan fingerprint density at radius 2 is 1.47 bits per heavy atom. The average molecular weight is 283 g/mol. The highest BCUT2D eigenvalue weighted by atomic mass is 35.5. The Hall–Kier alpha value is 0.540. The molecular weight excluding hydrogens is 255 g/mol. The second kappa shape index (κ2) is 14.6. The molecule has 0 amide bonds. The average Bonchev–Trinajstić information content (AvgIpc) is 2.36. The molecule has 0 aliphatic carbocycles. The summed E-state index contributed by atoms with van der Waals surface area (Å²) in [6.07, 6.45) is 12.1. The number of ether oxygens (including phenoxy) is 1. The topological polar surface area (TPSA) is 9.23 Å². The monoisotopic (exact) mass is 282 g/mol. The molecule has 0 aromatic rings. The molecule has 0 aromatic carbocycles. The summed E-state index contributed by atoms with van der Waals surface area (Å²) in [6.45, 7) is 2.88. The molecule has 0 unspecified atom stereocenters. The van der Waals surface area contributed by atoms with Gasteiger partial charge in [0.05, 0.1) is 12.7 Å². The van der Waals surface area contributed by atoms with Crippen molar-refractivity contribution in [1.29, 1.82) is 0 Å². The molecule has 0 N–H and O–H groups in total. The predicted octanol–water partition coefficient (Wildman–Crippen LogP) is 5.38. The minimum atomic E-state index is 0.204. The summed E-state index contributed by atoms with van der Waals surface area (Å²) in [7, 11) is 0. The van der Waals surface area contributed by atoms with Crippen LogP contribution in [0.5, 0.6) is 0 Å². The molecule has 0 fully saturated rings. The van der Waals surface area contributed by atoms with E-state index in [1.807, 2.05) is 0 Å². The molecule has 0 saturated heterocycles. The molecule has 0 bridgehead atoms. The Morgan fingerprint density at radius 3 is 2.00 bits per heavy atom. The highest BCUT2D eigenvalue weighted by Gasteiger charge is 2.06. The molecule has 0 aromatic heterocycles. The fraction of sp³-hybridized carbons (Fsp3) is 1.00. The van der Waals surface area contributed by atoms with Crippen molar-refractivity contribution in [3.8, 4) is 0 Å². The lowest BCUT2D eigenvalue weighted by Gasteiger charge is -2.13. The Labute approximate surface area is 117 Å². The summed E-state index contributed by atoms with van der Waals surface area (Å²) < 4.78 is 5.54. The predicted molar refractivity (Wildman–Crippen MR) is 78.4 cm³/mol. The largest absolute Gasteiger partial charge is 0.376 e. The summed E-state index contributed by atoms with van der Waals surface area (Å²) in [4.78, 5) is 0. The smallest absolute Gasteiger partial charge is 0.0710 e. The Kier molecular flexibility index (Phi) is 15.1. The van der Waals surface area contributed by atoms with Gasteiger partial charge in [-0.1, -0.05) is 58.3 Å². The Morgan fingerprint density at radius 1 is 0.882 bits per heavy atom. The summed E-state index contributed by atoms with van der Waals surface area (Å²) in [5, 5.41) is 0. The van der Waals surface area contributed by atoms with Crippen LogP contribution in [0.4, 0.5) is 0 Å². The molecule has 0 spiro atoms. The summed E-state index contributed by atoms with van der Waals surface area (Å²) in [6, 6.07) is 0. The van der Waals surface area contributed by atoms with Crippen LogP contribution in [-0.2, 0) is 4.74 Å². The lowest BCUT2D eigenvalue weighted by Crippen LogP contribution is -2.16. The number of rotatable bonds is 13. The van der Waals surface area contributed by atoms with Crippen LogP contribution >= 0.6 is 23.2 Å². The third-order valence-corrected chi connectivity index (χ3v) is 3.48. The fourth-order valence-electron chi connectivity index (χ4n) is 1.92. The first-order chi connectivity index (χ1) is 8.35. The van der Waals surface area contributed by atoms with Crippen LogP contribution in [0.1, 0.15) is 64.7 Å². The van der Waals surface area contributed by atoms with E-state index in [9.17, 15) is 0 Å². The van der Waals surface area contributed by atoms with Gasteiger partial charge in [0, 0.05) is 11.8 Å². The van der Waals surface area contributed by atoms with Crippen molar-refractivity contribution in [2.75, 3.05) is 18.4 Å². The van der Waals surface area contributed by atoms with Gasteiger partial charge in [-0.25, -0.2) is 0 Å². The van der Waals surface area contributed by atoms with E-state index in [2.05, 4.69) is 6.92 Å². The first-order valence-corrected chi connectivity index (χ1v) is 8.15. The SMILES string of the molecule is CCCCCCCCCC[C@@H](CCl)OCCCl. The fourth-order valence-corrected chi connectivity index (χ4v) is 2.25. The second-order valence-electron chi connectivity index (χ2n) is 4.60.